The highest BCUT2D eigenvalue weighted by Crippen LogP contribution is 2.20. The number of hydrogen-bond acceptors (Lipinski definition) is 2. The van der Waals surface area contributed by atoms with Gasteiger partial charge in [0.2, 0.25) is 0 Å². The molecule has 0 saturated carbocycles. The van der Waals surface area contributed by atoms with Crippen LogP contribution in [0.2, 0.25) is 0 Å². The molecule has 2 aromatic rings. The van der Waals surface area contributed by atoms with Crippen molar-refractivity contribution < 1.29 is 0 Å². The minimum absolute atomic E-state index is 0.792. The molecule has 1 aromatic carbocycles. The molecule has 0 aliphatic heterocycles. The van der Waals surface area contributed by atoms with Gasteiger partial charge in [-0.05, 0) is 30.2 Å². The van der Waals surface area contributed by atoms with Crippen molar-refractivity contribution in [1.82, 2.24) is 9.78 Å². The van der Waals surface area contributed by atoms with Gasteiger partial charge in [0.15, 0.2) is 0 Å². The van der Waals surface area contributed by atoms with E-state index in [9.17, 15) is 0 Å². The smallest absolute Gasteiger partial charge is 0.0682 e. The van der Waals surface area contributed by atoms with Gasteiger partial charge in [-0.1, -0.05) is 19.1 Å². The summed E-state index contributed by atoms with van der Waals surface area (Å²) in [6.07, 6.45) is 2.92. The normalized spacial score (nSPS) is 10.5. The van der Waals surface area contributed by atoms with E-state index in [-0.39, 0.29) is 0 Å². The van der Waals surface area contributed by atoms with E-state index in [0.29, 0.717) is 0 Å². The van der Waals surface area contributed by atoms with E-state index in [1.54, 1.807) is 0 Å². The first-order valence-electron chi connectivity index (χ1n) is 5.19. The van der Waals surface area contributed by atoms with E-state index in [1.807, 2.05) is 41.2 Å². The molecule has 1 aromatic heterocycles. The summed E-state index contributed by atoms with van der Waals surface area (Å²) in [6, 6.07) is 9.91. The Morgan fingerprint density at radius 3 is 2.60 bits per heavy atom. The van der Waals surface area contributed by atoms with Gasteiger partial charge in [-0.25, -0.2) is 0 Å². The average molecular weight is 201 g/mol. The Kier molecular flexibility index (Phi) is 2.72. The Bertz CT molecular complexity index is 428. The monoisotopic (exact) mass is 201 g/mol. The molecule has 1 heterocycles. The largest absolute Gasteiger partial charge is 0.399 e. The third-order valence-electron chi connectivity index (χ3n) is 2.36. The first kappa shape index (κ1) is 9.77. The molecule has 0 unspecified atom stereocenters. The highest BCUT2D eigenvalue weighted by molar-refractivity contribution is 5.61. The van der Waals surface area contributed by atoms with Crippen LogP contribution in [-0.4, -0.2) is 9.78 Å². The summed E-state index contributed by atoms with van der Waals surface area (Å²) in [4.78, 5) is 0. The maximum absolute atomic E-state index is 5.65. The third kappa shape index (κ3) is 2.01. The van der Waals surface area contributed by atoms with Crippen molar-refractivity contribution in [3.8, 4) is 11.3 Å². The summed E-state index contributed by atoms with van der Waals surface area (Å²) in [5.74, 6) is 0. The summed E-state index contributed by atoms with van der Waals surface area (Å²) < 4.78 is 2.02. The van der Waals surface area contributed by atoms with Gasteiger partial charge in [-0.15, -0.1) is 0 Å². The standard InChI is InChI=1S/C12H15N3/c1-2-9-15-12(7-8-14-15)10-3-5-11(13)6-4-10/h3-8H,2,9,13H2,1H3. The molecule has 2 N–H and O–H groups in total. The van der Waals surface area contributed by atoms with E-state index >= 15 is 0 Å². The van der Waals surface area contributed by atoms with Crippen molar-refractivity contribution in [2.45, 2.75) is 19.9 Å². The number of nitrogens with two attached hydrogens (primary N) is 1. The molecule has 2 rings (SSSR count). The second-order valence-corrected chi connectivity index (χ2v) is 3.56. The average Bonchev–Trinajstić information content (AvgIpc) is 2.68. The predicted octanol–water partition coefficient (Wildman–Crippen LogP) is 2.54. The lowest BCUT2D eigenvalue weighted by molar-refractivity contribution is 0.609. The fourth-order valence-corrected chi connectivity index (χ4v) is 1.62. The number of aryl methyl sites for hydroxylation is 1. The molecule has 0 radical (unpaired) electrons. The van der Waals surface area contributed by atoms with Crippen LogP contribution in [0.4, 0.5) is 5.69 Å². The topological polar surface area (TPSA) is 43.8 Å². The van der Waals surface area contributed by atoms with Gasteiger partial charge in [-0.3, -0.25) is 4.68 Å². The highest BCUT2D eigenvalue weighted by Gasteiger charge is 2.03. The Labute approximate surface area is 89.5 Å². The first-order valence-corrected chi connectivity index (χ1v) is 5.19. The molecule has 0 amide bonds. The van der Waals surface area contributed by atoms with Crippen LogP contribution in [0.1, 0.15) is 13.3 Å². The van der Waals surface area contributed by atoms with Crippen LogP contribution >= 0.6 is 0 Å². The summed E-state index contributed by atoms with van der Waals surface area (Å²) >= 11 is 0. The van der Waals surface area contributed by atoms with Crippen LogP contribution in [-0.2, 0) is 6.54 Å². The maximum atomic E-state index is 5.65. The second-order valence-electron chi connectivity index (χ2n) is 3.56. The summed E-state index contributed by atoms with van der Waals surface area (Å²) in [5, 5.41) is 4.29. The van der Waals surface area contributed by atoms with Crippen LogP contribution < -0.4 is 5.73 Å². The van der Waals surface area contributed by atoms with Crippen molar-refractivity contribution in [1.29, 1.82) is 0 Å². The van der Waals surface area contributed by atoms with E-state index in [4.69, 9.17) is 5.73 Å². The molecule has 0 bridgehead atoms. The van der Waals surface area contributed by atoms with Gasteiger partial charge < -0.3 is 5.73 Å². The van der Waals surface area contributed by atoms with E-state index in [0.717, 1.165) is 29.9 Å². The molecule has 78 valence electrons. The lowest BCUT2D eigenvalue weighted by Gasteiger charge is -2.06. The summed E-state index contributed by atoms with van der Waals surface area (Å²) in [7, 11) is 0. The minimum Gasteiger partial charge on any atom is -0.399 e. The molecule has 0 spiro atoms. The zero-order chi connectivity index (χ0) is 10.7. The second kappa shape index (κ2) is 4.17. The SMILES string of the molecule is CCCn1nccc1-c1ccc(N)cc1. The van der Waals surface area contributed by atoms with Gasteiger partial charge in [-0.2, -0.15) is 5.10 Å². The summed E-state index contributed by atoms with van der Waals surface area (Å²) in [6.45, 7) is 3.10. The van der Waals surface area contributed by atoms with Crippen LogP contribution in [0, 0.1) is 0 Å². The zero-order valence-electron chi connectivity index (χ0n) is 8.85. The molecular weight excluding hydrogens is 186 g/mol. The molecule has 3 nitrogen and oxygen atoms in total. The van der Waals surface area contributed by atoms with Gasteiger partial charge >= 0.3 is 0 Å². The van der Waals surface area contributed by atoms with Gasteiger partial charge in [0.25, 0.3) is 0 Å². The number of hydrogen-bond donors (Lipinski definition) is 1. The Morgan fingerprint density at radius 1 is 1.20 bits per heavy atom. The molecule has 0 atom stereocenters. The number of rotatable bonds is 3. The van der Waals surface area contributed by atoms with Crippen molar-refractivity contribution >= 4 is 5.69 Å². The number of nitrogen functional groups attached to an aromatic ring is 1. The molecule has 0 aliphatic rings. The van der Waals surface area contributed by atoms with E-state index in [1.165, 1.54) is 0 Å². The zero-order valence-corrected chi connectivity index (χ0v) is 8.85. The Morgan fingerprint density at radius 2 is 1.93 bits per heavy atom. The summed E-state index contributed by atoms with van der Waals surface area (Å²) in [5.41, 5.74) is 8.76. The molecule has 3 heteroatoms. The minimum atomic E-state index is 0.792. The number of anilines is 1. The highest BCUT2D eigenvalue weighted by atomic mass is 15.3. The molecule has 0 aliphatic carbocycles. The van der Waals surface area contributed by atoms with E-state index < -0.39 is 0 Å². The van der Waals surface area contributed by atoms with Crippen molar-refractivity contribution in [3.63, 3.8) is 0 Å². The molecular formula is C12H15N3. The van der Waals surface area contributed by atoms with Crippen molar-refractivity contribution in [2.24, 2.45) is 0 Å². The lowest BCUT2D eigenvalue weighted by atomic mass is 10.1. The van der Waals surface area contributed by atoms with Crippen LogP contribution in [0.15, 0.2) is 36.5 Å². The van der Waals surface area contributed by atoms with E-state index in [2.05, 4.69) is 12.0 Å². The van der Waals surface area contributed by atoms with Crippen molar-refractivity contribution in [2.75, 3.05) is 5.73 Å². The Balaban J connectivity index is 2.36. The maximum Gasteiger partial charge on any atom is 0.0682 e. The number of benzene rings is 1. The molecule has 15 heavy (non-hydrogen) atoms. The van der Waals surface area contributed by atoms with Crippen LogP contribution in [0.3, 0.4) is 0 Å². The van der Waals surface area contributed by atoms with Crippen LogP contribution in [0.25, 0.3) is 11.3 Å². The molecule has 0 fully saturated rings. The first-order chi connectivity index (χ1) is 7.31. The lowest BCUT2D eigenvalue weighted by Crippen LogP contribution is -2.00. The quantitative estimate of drug-likeness (QED) is 0.775. The molecule has 0 saturated heterocycles. The number of aromatic nitrogens is 2. The fraction of sp³-hybridized carbons (Fsp3) is 0.250. The van der Waals surface area contributed by atoms with Gasteiger partial charge in [0.05, 0.1) is 5.69 Å². The third-order valence-corrected chi connectivity index (χ3v) is 2.36. The predicted molar refractivity (Wildman–Crippen MR) is 62.4 cm³/mol. The van der Waals surface area contributed by atoms with Crippen LogP contribution in [0.5, 0.6) is 0 Å². The van der Waals surface area contributed by atoms with Crippen molar-refractivity contribution in [3.05, 3.63) is 36.5 Å². The Hall–Kier alpha value is -1.77. The number of nitrogens with zero attached hydrogens (tertiary/aromatic N) is 2. The van der Waals surface area contributed by atoms with Gasteiger partial charge in [0.1, 0.15) is 0 Å². The van der Waals surface area contributed by atoms with Gasteiger partial charge in [0, 0.05) is 18.4 Å². The fourth-order valence-electron chi connectivity index (χ4n) is 1.62.